The van der Waals surface area contributed by atoms with Crippen LogP contribution in [0.4, 0.5) is 4.39 Å². The first kappa shape index (κ1) is 20.3. The number of ether oxygens (including phenoxy) is 1. The van der Waals surface area contributed by atoms with Crippen LogP contribution in [0.3, 0.4) is 0 Å². The van der Waals surface area contributed by atoms with Gasteiger partial charge in [0.05, 0.1) is 5.54 Å². The van der Waals surface area contributed by atoms with Gasteiger partial charge in [0.15, 0.2) is 0 Å². The molecule has 1 unspecified atom stereocenters. The molecule has 1 atom stereocenters. The summed E-state index contributed by atoms with van der Waals surface area (Å²) in [6, 6.07) is 4.21. The fraction of sp³-hybridized carbons (Fsp3) is 0.471. The first-order valence-electron chi connectivity index (χ1n) is 8.17. The van der Waals surface area contributed by atoms with Gasteiger partial charge in [-0.25, -0.2) is 4.39 Å². The number of aromatic nitrogens is 2. The van der Waals surface area contributed by atoms with Gasteiger partial charge in [0.25, 0.3) is 0 Å². The lowest BCUT2D eigenvalue weighted by atomic mass is 9.90. The van der Waals surface area contributed by atoms with Crippen LogP contribution in [-0.2, 0) is 9.53 Å². The number of carbonyl (C=O) groups is 1. The van der Waals surface area contributed by atoms with Crippen molar-refractivity contribution >= 4 is 18.3 Å². The van der Waals surface area contributed by atoms with Crippen LogP contribution in [0.1, 0.15) is 37.3 Å². The minimum atomic E-state index is -0.949. The normalized spacial score (nSPS) is 17.2. The number of hydrogen-bond donors (Lipinski definition) is 2. The second kappa shape index (κ2) is 8.11. The molecule has 1 aromatic carbocycles. The molecule has 2 aromatic rings. The predicted molar refractivity (Wildman–Crippen MR) is 95.2 cm³/mol. The summed E-state index contributed by atoms with van der Waals surface area (Å²) in [6.07, 6.45) is 0.923. The van der Waals surface area contributed by atoms with Crippen LogP contribution >= 0.6 is 12.4 Å². The molecule has 0 bridgehead atoms. The van der Waals surface area contributed by atoms with Gasteiger partial charge in [-0.2, -0.15) is 4.98 Å². The lowest BCUT2D eigenvalue weighted by molar-refractivity contribution is -0.130. The molecule has 142 valence electrons. The van der Waals surface area contributed by atoms with Gasteiger partial charge in [0.1, 0.15) is 11.9 Å². The molecule has 26 heavy (non-hydrogen) atoms. The molecule has 3 N–H and O–H groups in total. The Balaban J connectivity index is 0.00000243. The second-order valence-electron chi connectivity index (χ2n) is 6.38. The Morgan fingerprint density at radius 3 is 2.73 bits per heavy atom. The monoisotopic (exact) mass is 384 g/mol. The molecule has 9 heteroatoms. The Bertz CT molecular complexity index is 777. The molecule has 1 aliphatic rings. The molecule has 0 aliphatic carbocycles. The zero-order valence-electron chi connectivity index (χ0n) is 14.6. The third-order valence-electron chi connectivity index (χ3n) is 4.43. The smallest absolute Gasteiger partial charge is 0.249 e. The summed E-state index contributed by atoms with van der Waals surface area (Å²) in [5.41, 5.74) is 6.26. The summed E-state index contributed by atoms with van der Waals surface area (Å²) < 4.78 is 24.1. The van der Waals surface area contributed by atoms with Crippen molar-refractivity contribution in [2.45, 2.75) is 38.3 Å². The highest BCUT2D eigenvalue weighted by Gasteiger charge is 2.37. The van der Waals surface area contributed by atoms with E-state index in [0.29, 0.717) is 37.2 Å². The average Bonchev–Trinajstić information content (AvgIpc) is 3.08. The lowest BCUT2D eigenvalue weighted by Crippen LogP contribution is -2.57. The van der Waals surface area contributed by atoms with Crippen LogP contribution in [0.15, 0.2) is 22.7 Å². The zero-order chi connectivity index (χ0) is 18.0. The number of carbonyl (C=O) groups excluding carboxylic acids is 1. The average molecular weight is 385 g/mol. The van der Waals surface area contributed by atoms with E-state index >= 15 is 0 Å². The molecule has 1 aromatic heterocycles. The largest absolute Gasteiger partial charge is 0.381 e. The fourth-order valence-electron chi connectivity index (χ4n) is 2.63. The van der Waals surface area contributed by atoms with Crippen molar-refractivity contribution in [2.24, 2.45) is 5.73 Å². The molecule has 1 aliphatic heterocycles. The minimum Gasteiger partial charge on any atom is -0.381 e. The van der Waals surface area contributed by atoms with Gasteiger partial charge in [-0.15, -0.1) is 12.4 Å². The van der Waals surface area contributed by atoms with Crippen molar-refractivity contribution in [3.63, 3.8) is 0 Å². The van der Waals surface area contributed by atoms with Crippen LogP contribution < -0.4 is 11.1 Å². The van der Waals surface area contributed by atoms with E-state index in [1.54, 1.807) is 26.0 Å². The van der Waals surface area contributed by atoms with Gasteiger partial charge in [-0.3, -0.25) is 4.79 Å². The Morgan fingerprint density at radius 2 is 2.08 bits per heavy atom. The van der Waals surface area contributed by atoms with E-state index in [1.807, 2.05) is 0 Å². The Kier molecular flexibility index (Phi) is 6.33. The van der Waals surface area contributed by atoms with Crippen molar-refractivity contribution in [1.82, 2.24) is 15.5 Å². The van der Waals surface area contributed by atoms with Gasteiger partial charge >= 0.3 is 0 Å². The van der Waals surface area contributed by atoms with Crippen LogP contribution in [0.25, 0.3) is 11.4 Å². The summed E-state index contributed by atoms with van der Waals surface area (Å²) in [5.74, 6) is -0.109. The number of aryl methyl sites for hydroxylation is 1. The maximum Gasteiger partial charge on any atom is 0.249 e. The van der Waals surface area contributed by atoms with Crippen LogP contribution in [0, 0.1) is 12.7 Å². The summed E-state index contributed by atoms with van der Waals surface area (Å²) in [4.78, 5) is 16.7. The van der Waals surface area contributed by atoms with Crippen molar-refractivity contribution in [1.29, 1.82) is 0 Å². The number of benzene rings is 1. The van der Waals surface area contributed by atoms with E-state index in [0.717, 1.165) is 0 Å². The summed E-state index contributed by atoms with van der Waals surface area (Å²) >= 11 is 0. The third-order valence-corrected chi connectivity index (χ3v) is 4.43. The Hall–Kier alpha value is -2.03. The van der Waals surface area contributed by atoms with Crippen molar-refractivity contribution in [3.05, 3.63) is 35.5 Å². The number of amides is 1. The molecule has 1 fully saturated rings. The quantitative estimate of drug-likeness (QED) is 0.838. The van der Waals surface area contributed by atoms with Gasteiger partial charge in [0.2, 0.25) is 17.6 Å². The molecule has 2 heterocycles. The molecule has 0 spiro atoms. The third kappa shape index (κ3) is 4.20. The first-order valence-corrected chi connectivity index (χ1v) is 8.17. The minimum absolute atomic E-state index is 0. The zero-order valence-corrected chi connectivity index (χ0v) is 15.4. The van der Waals surface area contributed by atoms with E-state index in [4.69, 9.17) is 15.0 Å². The van der Waals surface area contributed by atoms with Crippen LogP contribution in [-0.4, -0.2) is 34.8 Å². The maximum atomic E-state index is 13.7. The van der Waals surface area contributed by atoms with E-state index in [1.165, 1.54) is 6.07 Å². The number of nitrogens with two attached hydrogens (primary N) is 1. The molecule has 3 rings (SSSR count). The molecule has 0 saturated carbocycles. The highest BCUT2D eigenvalue weighted by Crippen LogP contribution is 2.23. The Labute approximate surface area is 156 Å². The van der Waals surface area contributed by atoms with Crippen LogP contribution in [0.2, 0.25) is 0 Å². The second-order valence-corrected chi connectivity index (χ2v) is 6.38. The summed E-state index contributed by atoms with van der Waals surface area (Å²) in [7, 11) is 0. The Morgan fingerprint density at radius 1 is 1.38 bits per heavy atom. The summed E-state index contributed by atoms with van der Waals surface area (Å²) in [5, 5.41) is 6.66. The van der Waals surface area contributed by atoms with E-state index in [2.05, 4.69) is 15.5 Å². The van der Waals surface area contributed by atoms with Crippen molar-refractivity contribution in [3.8, 4) is 11.4 Å². The first-order chi connectivity index (χ1) is 11.9. The van der Waals surface area contributed by atoms with E-state index in [9.17, 15) is 9.18 Å². The molecular formula is C17H22ClFN4O3. The number of nitrogens with one attached hydrogen (secondary N) is 1. The molecular weight excluding hydrogens is 363 g/mol. The highest BCUT2D eigenvalue weighted by molar-refractivity contribution is 5.86. The maximum absolute atomic E-state index is 13.7. The number of rotatable bonds is 4. The van der Waals surface area contributed by atoms with E-state index < -0.39 is 11.6 Å². The molecule has 7 nitrogen and oxygen atoms in total. The number of nitrogens with zero attached hydrogens (tertiary/aromatic N) is 2. The molecule has 1 saturated heterocycles. The standard InChI is InChI=1S/C17H21FN4O3.ClH/c1-10-3-4-12(9-13(10)18)14-21-15(25-22-14)11(2)20-16(23)17(19)5-7-24-8-6-17;/h3-4,9,11H,5-8,19H2,1-2H3,(H,20,23);1H. The van der Waals surface area contributed by atoms with E-state index in [-0.39, 0.29) is 35.8 Å². The number of hydrogen-bond acceptors (Lipinski definition) is 6. The van der Waals surface area contributed by atoms with Crippen LogP contribution in [0.5, 0.6) is 0 Å². The van der Waals surface area contributed by atoms with Crippen molar-refractivity contribution in [2.75, 3.05) is 13.2 Å². The number of halogens is 2. The van der Waals surface area contributed by atoms with Gasteiger partial charge in [0, 0.05) is 18.8 Å². The van der Waals surface area contributed by atoms with Gasteiger partial charge in [-0.05, 0) is 38.3 Å². The molecule has 0 radical (unpaired) electrons. The van der Waals surface area contributed by atoms with Gasteiger partial charge in [-0.1, -0.05) is 17.3 Å². The summed E-state index contributed by atoms with van der Waals surface area (Å²) in [6.45, 7) is 4.33. The predicted octanol–water partition coefficient (Wildman–Crippen LogP) is 2.29. The van der Waals surface area contributed by atoms with Crippen molar-refractivity contribution < 1.29 is 18.4 Å². The highest BCUT2D eigenvalue weighted by atomic mass is 35.5. The lowest BCUT2D eigenvalue weighted by Gasteiger charge is -2.32. The molecule has 1 amide bonds. The topological polar surface area (TPSA) is 103 Å². The fourth-order valence-corrected chi connectivity index (χ4v) is 2.63. The SMILES string of the molecule is Cc1ccc(-c2noc(C(C)NC(=O)C3(N)CCOCC3)n2)cc1F.Cl. The van der Waals surface area contributed by atoms with Gasteiger partial charge < -0.3 is 20.3 Å².